The largest absolute Gasteiger partial charge is 0.326 e. The molecule has 4 aromatic rings. The Labute approximate surface area is 210 Å². The van der Waals surface area contributed by atoms with Gasteiger partial charge in [0.1, 0.15) is 0 Å². The first-order valence-corrected chi connectivity index (χ1v) is 13.2. The molecule has 184 valence electrons. The van der Waals surface area contributed by atoms with Gasteiger partial charge in [0, 0.05) is 47.1 Å². The molecule has 2 amide bonds. The molecule has 36 heavy (non-hydrogen) atoms. The summed E-state index contributed by atoms with van der Waals surface area (Å²) in [7, 11) is -3.32. The minimum Gasteiger partial charge on any atom is -0.326 e. The first-order chi connectivity index (χ1) is 17.1. The fourth-order valence-corrected chi connectivity index (χ4v) is 4.89. The zero-order valence-corrected chi connectivity index (χ0v) is 21.3. The molecule has 0 saturated heterocycles. The minimum absolute atomic E-state index is 0.156. The molecule has 2 N–H and O–H groups in total. The second-order valence-electron chi connectivity index (χ2n) is 8.61. The topological polar surface area (TPSA) is 97.3 Å². The molecule has 0 fully saturated rings. The van der Waals surface area contributed by atoms with Crippen molar-refractivity contribution in [3.8, 4) is 16.8 Å². The molecular formula is C28H27N3O4S. The van der Waals surface area contributed by atoms with Crippen molar-refractivity contribution in [1.82, 2.24) is 4.57 Å². The monoisotopic (exact) mass is 501 g/mol. The third-order valence-corrected chi connectivity index (χ3v) is 7.02. The van der Waals surface area contributed by atoms with E-state index < -0.39 is 9.84 Å². The van der Waals surface area contributed by atoms with Gasteiger partial charge in [0.15, 0.2) is 9.84 Å². The first-order valence-electron chi connectivity index (χ1n) is 11.3. The summed E-state index contributed by atoms with van der Waals surface area (Å²) >= 11 is 0. The lowest BCUT2D eigenvalue weighted by Crippen LogP contribution is -2.13. The van der Waals surface area contributed by atoms with Crippen LogP contribution in [0.2, 0.25) is 0 Å². The minimum atomic E-state index is -3.32. The van der Waals surface area contributed by atoms with Crippen LogP contribution in [-0.2, 0) is 14.6 Å². The van der Waals surface area contributed by atoms with Crippen LogP contribution < -0.4 is 10.6 Å². The standard InChI is InChI=1S/C28H27N3O4S/c1-18-17-25(28(33)30-21-13-15-22(16-14-21)36(4,34)35)19(2)31(18)27-12-8-6-10-24(27)23-9-5-7-11-26(23)29-20(3)32/h5-17H,1-4H3,(H,29,32)(H,30,33). The number of rotatable bonds is 6. The van der Waals surface area contributed by atoms with E-state index in [2.05, 4.69) is 10.6 Å². The Balaban J connectivity index is 1.72. The quantitative estimate of drug-likeness (QED) is 0.371. The summed E-state index contributed by atoms with van der Waals surface area (Å²) in [6.07, 6.45) is 1.14. The molecule has 0 aliphatic rings. The number of anilines is 2. The molecule has 7 nitrogen and oxygen atoms in total. The maximum atomic E-state index is 13.2. The number of hydrogen-bond acceptors (Lipinski definition) is 4. The van der Waals surface area contributed by atoms with Gasteiger partial charge in [-0.25, -0.2) is 8.42 Å². The molecule has 0 bridgehead atoms. The number of aromatic nitrogens is 1. The zero-order chi connectivity index (χ0) is 26.0. The van der Waals surface area contributed by atoms with Crippen LogP contribution in [0, 0.1) is 13.8 Å². The second kappa shape index (κ2) is 9.83. The van der Waals surface area contributed by atoms with Crippen LogP contribution in [0.25, 0.3) is 16.8 Å². The van der Waals surface area contributed by atoms with Gasteiger partial charge in [0.2, 0.25) is 5.91 Å². The summed E-state index contributed by atoms with van der Waals surface area (Å²) in [6, 6.07) is 23.3. The second-order valence-corrected chi connectivity index (χ2v) is 10.6. The van der Waals surface area contributed by atoms with Crippen molar-refractivity contribution in [1.29, 1.82) is 0 Å². The summed E-state index contributed by atoms with van der Waals surface area (Å²) < 4.78 is 25.4. The lowest BCUT2D eigenvalue weighted by molar-refractivity contribution is -0.114. The van der Waals surface area contributed by atoms with Gasteiger partial charge in [0.25, 0.3) is 5.91 Å². The Morgan fingerprint density at radius 1 is 0.806 bits per heavy atom. The molecule has 0 saturated carbocycles. The molecule has 0 radical (unpaired) electrons. The Bertz CT molecular complexity index is 1570. The van der Waals surface area contributed by atoms with E-state index in [9.17, 15) is 18.0 Å². The number of nitrogens with one attached hydrogen (secondary N) is 2. The Morgan fingerprint density at radius 2 is 1.42 bits per heavy atom. The maximum Gasteiger partial charge on any atom is 0.257 e. The average molecular weight is 502 g/mol. The van der Waals surface area contributed by atoms with Crippen molar-refractivity contribution in [2.24, 2.45) is 0 Å². The summed E-state index contributed by atoms with van der Waals surface area (Å²) in [4.78, 5) is 25.1. The number of carbonyl (C=O) groups excluding carboxylic acids is 2. The molecule has 4 rings (SSSR count). The van der Waals surface area contributed by atoms with Crippen LogP contribution in [0.5, 0.6) is 0 Å². The van der Waals surface area contributed by atoms with Gasteiger partial charge >= 0.3 is 0 Å². The molecule has 0 aliphatic heterocycles. The van der Waals surface area contributed by atoms with Gasteiger partial charge in [0.05, 0.1) is 16.1 Å². The van der Waals surface area contributed by atoms with Crippen molar-refractivity contribution in [3.63, 3.8) is 0 Å². The molecule has 3 aromatic carbocycles. The number of nitrogens with zero attached hydrogens (tertiary/aromatic N) is 1. The third-order valence-electron chi connectivity index (χ3n) is 5.89. The van der Waals surface area contributed by atoms with Crippen LogP contribution in [0.3, 0.4) is 0 Å². The van der Waals surface area contributed by atoms with Gasteiger partial charge in [-0.15, -0.1) is 0 Å². The molecule has 0 atom stereocenters. The van der Waals surface area contributed by atoms with Gasteiger partial charge in [-0.05, 0) is 56.3 Å². The maximum absolute atomic E-state index is 13.2. The fourth-order valence-electron chi connectivity index (χ4n) is 4.26. The number of hydrogen-bond donors (Lipinski definition) is 2. The van der Waals surface area contributed by atoms with Crippen LogP contribution in [0.4, 0.5) is 11.4 Å². The number of benzene rings is 3. The molecule has 0 unspecified atom stereocenters. The molecule has 0 spiro atoms. The molecule has 1 heterocycles. The zero-order valence-electron chi connectivity index (χ0n) is 20.5. The van der Waals surface area contributed by atoms with Gasteiger partial charge in [-0.2, -0.15) is 0 Å². The summed E-state index contributed by atoms with van der Waals surface area (Å²) in [5.41, 5.74) is 5.99. The van der Waals surface area contributed by atoms with Gasteiger partial charge < -0.3 is 15.2 Å². The van der Waals surface area contributed by atoms with E-state index in [4.69, 9.17) is 0 Å². The van der Waals surface area contributed by atoms with Gasteiger partial charge in [-0.3, -0.25) is 9.59 Å². The SMILES string of the molecule is CC(=O)Nc1ccccc1-c1ccccc1-n1c(C)cc(C(=O)Nc2ccc(S(C)(=O)=O)cc2)c1C. The highest BCUT2D eigenvalue weighted by Gasteiger charge is 2.20. The number of carbonyl (C=O) groups is 2. The van der Waals surface area contributed by atoms with E-state index in [0.717, 1.165) is 34.5 Å². The van der Waals surface area contributed by atoms with Gasteiger partial charge in [-0.1, -0.05) is 36.4 Å². The lowest BCUT2D eigenvalue weighted by Gasteiger charge is -2.17. The van der Waals surface area contributed by atoms with Crippen molar-refractivity contribution in [3.05, 3.63) is 95.8 Å². The van der Waals surface area contributed by atoms with E-state index >= 15 is 0 Å². The van der Waals surface area contributed by atoms with Crippen molar-refractivity contribution in [2.75, 3.05) is 16.9 Å². The number of para-hydroxylation sites is 2. The Morgan fingerprint density at radius 3 is 2.06 bits per heavy atom. The van der Waals surface area contributed by atoms with E-state index in [1.165, 1.54) is 19.1 Å². The average Bonchev–Trinajstić information content (AvgIpc) is 3.12. The highest BCUT2D eigenvalue weighted by atomic mass is 32.2. The van der Waals surface area contributed by atoms with Crippen LogP contribution >= 0.6 is 0 Å². The Hall–Kier alpha value is -4.17. The van der Waals surface area contributed by atoms with Crippen LogP contribution in [0.1, 0.15) is 28.7 Å². The normalized spacial score (nSPS) is 11.2. The first kappa shape index (κ1) is 24.9. The molecule has 8 heteroatoms. The highest BCUT2D eigenvalue weighted by Crippen LogP contribution is 2.35. The van der Waals surface area contributed by atoms with Crippen LogP contribution in [0.15, 0.2) is 83.8 Å². The van der Waals surface area contributed by atoms with E-state index in [1.807, 2.05) is 73.0 Å². The molecule has 1 aromatic heterocycles. The smallest absolute Gasteiger partial charge is 0.257 e. The van der Waals surface area contributed by atoms with Crippen molar-refractivity contribution < 1.29 is 18.0 Å². The van der Waals surface area contributed by atoms with E-state index in [-0.39, 0.29) is 16.7 Å². The van der Waals surface area contributed by atoms with E-state index in [1.54, 1.807) is 12.1 Å². The number of amides is 2. The van der Waals surface area contributed by atoms with Crippen LogP contribution in [-0.4, -0.2) is 31.1 Å². The Kier molecular flexibility index (Phi) is 6.81. The summed E-state index contributed by atoms with van der Waals surface area (Å²) in [6.45, 7) is 5.29. The van der Waals surface area contributed by atoms with Crippen molar-refractivity contribution >= 4 is 33.0 Å². The van der Waals surface area contributed by atoms with Crippen molar-refractivity contribution in [2.45, 2.75) is 25.7 Å². The number of sulfone groups is 1. The fraction of sp³-hybridized carbons (Fsp3) is 0.143. The predicted molar refractivity (Wildman–Crippen MR) is 142 cm³/mol. The summed E-state index contributed by atoms with van der Waals surface area (Å²) in [5, 5.41) is 5.75. The third kappa shape index (κ3) is 5.08. The molecule has 0 aliphatic carbocycles. The van der Waals surface area contributed by atoms with E-state index in [0.29, 0.717) is 16.9 Å². The predicted octanol–water partition coefficient (Wildman–Crippen LogP) is 5.38. The lowest BCUT2D eigenvalue weighted by atomic mass is 10.0. The number of aryl methyl sites for hydroxylation is 1. The molecular weight excluding hydrogens is 474 g/mol. The summed E-state index contributed by atoms with van der Waals surface area (Å²) in [5.74, 6) is -0.450. The highest BCUT2D eigenvalue weighted by molar-refractivity contribution is 7.90.